The standard InChI is InChI=1S/C22H31NO3/c1-18(2)19(3)20-11-13-21(14-12-20)26-17-8-6-5-7-15-23(4)22(25)10-9-16-24/h9-14,16H,5-8,15,17H2,1-4H3/b10-9-. The lowest BCUT2D eigenvalue weighted by Crippen LogP contribution is -2.25. The van der Waals surface area contributed by atoms with Crippen LogP contribution in [0.25, 0.3) is 5.57 Å². The number of ether oxygens (including phenoxy) is 1. The summed E-state index contributed by atoms with van der Waals surface area (Å²) in [4.78, 5) is 23.4. The van der Waals surface area contributed by atoms with E-state index in [4.69, 9.17) is 4.74 Å². The normalized spacial score (nSPS) is 10.6. The molecular weight excluding hydrogens is 326 g/mol. The van der Waals surface area contributed by atoms with Gasteiger partial charge in [-0.05, 0) is 63.0 Å². The van der Waals surface area contributed by atoms with Gasteiger partial charge in [-0.25, -0.2) is 0 Å². The molecule has 0 atom stereocenters. The van der Waals surface area contributed by atoms with E-state index in [0.717, 1.165) is 31.4 Å². The topological polar surface area (TPSA) is 46.6 Å². The Labute approximate surface area is 157 Å². The van der Waals surface area contributed by atoms with Crippen LogP contribution in [-0.4, -0.2) is 37.3 Å². The van der Waals surface area contributed by atoms with Crippen LogP contribution in [0.2, 0.25) is 0 Å². The van der Waals surface area contributed by atoms with Gasteiger partial charge in [-0.2, -0.15) is 0 Å². The highest BCUT2D eigenvalue weighted by Gasteiger charge is 2.04. The van der Waals surface area contributed by atoms with Gasteiger partial charge < -0.3 is 9.64 Å². The number of carbonyl (C=O) groups is 2. The van der Waals surface area contributed by atoms with Gasteiger partial charge in [0.05, 0.1) is 6.61 Å². The first-order valence-electron chi connectivity index (χ1n) is 9.20. The van der Waals surface area contributed by atoms with E-state index >= 15 is 0 Å². The van der Waals surface area contributed by atoms with Crippen molar-refractivity contribution in [3.63, 3.8) is 0 Å². The van der Waals surface area contributed by atoms with Crippen molar-refractivity contribution >= 4 is 17.8 Å². The van der Waals surface area contributed by atoms with Gasteiger partial charge in [0, 0.05) is 19.7 Å². The van der Waals surface area contributed by atoms with Gasteiger partial charge >= 0.3 is 0 Å². The summed E-state index contributed by atoms with van der Waals surface area (Å²) in [7, 11) is 1.75. The summed E-state index contributed by atoms with van der Waals surface area (Å²) in [5.74, 6) is 0.773. The highest BCUT2D eigenvalue weighted by atomic mass is 16.5. The van der Waals surface area contributed by atoms with Crippen molar-refractivity contribution in [3.05, 3.63) is 47.6 Å². The lowest BCUT2D eigenvalue weighted by Gasteiger charge is -2.14. The number of hydrogen-bond donors (Lipinski definition) is 0. The summed E-state index contributed by atoms with van der Waals surface area (Å²) in [5.41, 5.74) is 3.87. The van der Waals surface area contributed by atoms with E-state index in [2.05, 4.69) is 32.9 Å². The minimum atomic E-state index is -0.132. The van der Waals surface area contributed by atoms with E-state index in [1.165, 1.54) is 28.9 Å². The Morgan fingerprint density at radius 2 is 1.69 bits per heavy atom. The molecule has 0 bridgehead atoms. The van der Waals surface area contributed by atoms with Crippen LogP contribution in [0.3, 0.4) is 0 Å². The van der Waals surface area contributed by atoms with E-state index in [0.29, 0.717) is 19.4 Å². The number of hydrogen-bond acceptors (Lipinski definition) is 3. The molecule has 142 valence electrons. The molecule has 0 aliphatic rings. The molecular formula is C22H31NO3. The number of likely N-dealkylation sites (N-methyl/N-ethyl adjacent to an activating group) is 1. The van der Waals surface area contributed by atoms with Crippen molar-refractivity contribution in [3.8, 4) is 5.75 Å². The summed E-state index contributed by atoms with van der Waals surface area (Å²) in [6.45, 7) is 7.78. The molecule has 1 aromatic carbocycles. The fraction of sp³-hybridized carbons (Fsp3) is 0.455. The van der Waals surface area contributed by atoms with Gasteiger partial charge in [0.15, 0.2) is 0 Å². The van der Waals surface area contributed by atoms with Crippen molar-refractivity contribution in [1.82, 2.24) is 4.90 Å². The zero-order valence-corrected chi connectivity index (χ0v) is 16.5. The number of allylic oxidation sites excluding steroid dienone is 3. The number of carbonyl (C=O) groups excluding carboxylic acids is 2. The van der Waals surface area contributed by atoms with E-state index in [-0.39, 0.29) is 5.91 Å². The van der Waals surface area contributed by atoms with E-state index in [1.807, 2.05) is 12.1 Å². The quantitative estimate of drug-likeness (QED) is 0.329. The summed E-state index contributed by atoms with van der Waals surface area (Å²) >= 11 is 0. The Bertz CT molecular complexity index is 625. The maximum atomic E-state index is 11.6. The number of benzene rings is 1. The van der Waals surface area contributed by atoms with Gasteiger partial charge in [0.25, 0.3) is 0 Å². The molecule has 4 heteroatoms. The molecule has 0 unspecified atom stereocenters. The molecule has 0 N–H and O–H groups in total. The van der Waals surface area contributed by atoms with E-state index in [1.54, 1.807) is 11.9 Å². The lowest BCUT2D eigenvalue weighted by atomic mass is 10.0. The fourth-order valence-corrected chi connectivity index (χ4v) is 2.44. The highest BCUT2D eigenvalue weighted by molar-refractivity contribution is 5.90. The molecule has 0 radical (unpaired) electrons. The van der Waals surface area contributed by atoms with Crippen LogP contribution in [0.15, 0.2) is 42.0 Å². The minimum Gasteiger partial charge on any atom is -0.494 e. The van der Waals surface area contributed by atoms with Crippen LogP contribution < -0.4 is 4.74 Å². The summed E-state index contributed by atoms with van der Waals surface area (Å²) in [6.07, 6.45) is 7.21. The van der Waals surface area contributed by atoms with E-state index in [9.17, 15) is 9.59 Å². The first-order chi connectivity index (χ1) is 12.5. The fourth-order valence-electron chi connectivity index (χ4n) is 2.44. The molecule has 0 heterocycles. The largest absolute Gasteiger partial charge is 0.494 e. The zero-order valence-electron chi connectivity index (χ0n) is 16.5. The molecule has 0 saturated carbocycles. The van der Waals surface area contributed by atoms with Gasteiger partial charge in [0.2, 0.25) is 5.91 Å². The summed E-state index contributed by atoms with van der Waals surface area (Å²) < 4.78 is 5.79. The molecule has 1 rings (SSSR count). The Kier molecular flexibility index (Phi) is 10.1. The van der Waals surface area contributed by atoms with E-state index < -0.39 is 0 Å². The minimum absolute atomic E-state index is 0.132. The van der Waals surface area contributed by atoms with Gasteiger partial charge in [-0.1, -0.05) is 30.5 Å². The Hall–Kier alpha value is -2.36. The third-order valence-electron chi connectivity index (χ3n) is 4.39. The summed E-state index contributed by atoms with van der Waals surface area (Å²) in [6, 6.07) is 8.25. The van der Waals surface area contributed by atoms with Crippen molar-refractivity contribution in [2.45, 2.75) is 46.5 Å². The SMILES string of the molecule is CC(C)=C(C)c1ccc(OCCCCCCN(C)C(=O)/C=C\C=O)cc1. The molecule has 0 aliphatic heterocycles. The third kappa shape index (κ3) is 8.15. The average molecular weight is 357 g/mol. The van der Waals surface area contributed by atoms with Crippen LogP contribution in [-0.2, 0) is 9.59 Å². The van der Waals surface area contributed by atoms with Crippen molar-refractivity contribution in [1.29, 1.82) is 0 Å². The molecule has 4 nitrogen and oxygen atoms in total. The predicted molar refractivity (Wildman–Crippen MR) is 107 cm³/mol. The second-order valence-corrected chi connectivity index (χ2v) is 6.67. The first-order valence-corrected chi connectivity index (χ1v) is 9.20. The molecule has 26 heavy (non-hydrogen) atoms. The molecule has 0 saturated heterocycles. The highest BCUT2D eigenvalue weighted by Crippen LogP contribution is 2.21. The van der Waals surface area contributed by atoms with Crippen LogP contribution in [0.1, 0.15) is 52.0 Å². The Balaban J connectivity index is 2.18. The van der Waals surface area contributed by atoms with Crippen LogP contribution >= 0.6 is 0 Å². The van der Waals surface area contributed by atoms with Crippen molar-refractivity contribution in [2.24, 2.45) is 0 Å². The number of rotatable bonds is 11. The zero-order chi connectivity index (χ0) is 19.4. The maximum Gasteiger partial charge on any atom is 0.246 e. The average Bonchev–Trinajstić information content (AvgIpc) is 2.64. The maximum absolute atomic E-state index is 11.6. The van der Waals surface area contributed by atoms with Gasteiger partial charge in [-0.15, -0.1) is 0 Å². The van der Waals surface area contributed by atoms with Crippen molar-refractivity contribution in [2.75, 3.05) is 20.2 Å². The number of unbranched alkanes of at least 4 members (excludes halogenated alkanes) is 3. The molecule has 0 fully saturated rings. The third-order valence-corrected chi connectivity index (χ3v) is 4.39. The number of aldehydes is 1. The van der Waals surface area contributed by atoms with Crippen LogP contribution in [0.5, 0.6) is 5.75 Å². The van der Waals surface area contributed by atoms with Gasteiger partial charge in [-0.3, -0.25) is 9.59 Å². The molecule has 0 aliphatic carbocycles. The molecule has 1 amide bonds. The Morgan fingerprint density at radius 3 is 2.31 bits per heavy atom. The smallest absolute Gasteiger partial charge is 0.246 e. The molecule has 0 spiro atoms. The number of nitrogens with zero attached hydrogens (tertiary/aromatic N) is 1. The summed E-state index contributed by atoms with van der Waals surface area (Å²) in [5, 5.41) is 0. The first kappa shape index (κ1) is 21.7. The molecule has 0 aromatic heterocycles. The second-order valence-electron chi connectivity index (χ2n) is 6.67. The molecule has 1 aromatic rings. The van der Waals surface area contributed by atoms with Crippen LogP contribution in [0, 0.1) is 0 Å². The second kappa shape index (κ2) is 12.1. The number of amides is 1. The van der Waals surface area contributed by atoms with Crippen molar-refractivity contribution < 1.29 is 14.3 Å². The van der Waals surface area contributed by atoms with Crippen LogP contribution in [0.4, 0.5) is 0 Å². The Morgan fingerprint density at radius 1 is 1.04 bits per heavy atom. The monoisotopic (exact) mass is 357 g/mol. The van der Waals surface area contributed by atoms with Gasteiger partial charge in [0.1, 0.15) is 12.0 Å². The lowest BCUT2D eigenvalue weighted by molar-refractivity contribution is -0.125. The predicted octanol–water partition coefficient (Wildman–Crippen LogP) is 4.65.